The Kier molecular flexibility index (Phi) is 12.1. The summed E-state index contributed by atoms with van der Waals surface area (Å²) in [6.07, 6.45) is 0.509. The van der Waals surface area contributed by atoms with Crippen LogP contribution in [0.4, 0.5) is 11.4 Å². The van der Waals surface area contributed by atoms with E-state index in [1.807, 2.05) is 23.1 Å². The van der Waals surface area contributed by atoms with Crippen LogP contribution in [-0.4, -0.2) is 105 Å². The number of hydrogen-bond acceptors (Lipinski definition) is 9. The predicted octanol–water partition coefficient (Wildman–Crippen LogP) is 2.82. The van der Waals surface area contributed by atoms with Gasteiger partial charge in [-0.3, -0.25) is 14.5 Å². The van der Waals surface area contributed by atoms with Crippen LogP contribution in [0.25, 0.3) is 0 Å². The molecule has 2 aliphatic heterocycles. The van der Waals surface area contributed by atoms with Crippen molar-refractivity contribution in [2.45, 2.75) is 107 Å². The minimum atomic E-state index is -1.69. The number of rotatable bonds is 16. The number of fused-ring (bicyclic) bond motifs is 1. The normalized spacial score (nSPS) is 21.1. The Bertz CT molecular complexity index is 1340. The number of nitrogens with zero attached hydrogens (tertiary/aromatic N) is 3. The molecule has 5 N–H and O–H groups in total. The average molecular weight is 658 g/mol. The Morgan fingerprint density at radius 3 is 2.35 bits per heavy atom. The van der Waals surface area contributed by atoms with E-state index in [1.54, 1.807) is 0 Å². The monoisotopic (exact) mass is 657 g/mol. The van der Waals surface area contributed by atoms with Gasteiger partial charge in [-0.2, -0.15) is 0 Å². The summed E-state index contributed by atoms with van der Waals surface area (Å²) in [6, 6.07) is 14.7. The van der Waals surface area contributed by atoms with Crippen molar-refractivity contribution >= 4 is 34.7 Å². The highest BCUT2D eigenvalue weighted by Gasteiger charge is 2.39. The number of hydrogen-bond donors (Lipinski definition) is 5. The fraction of sp³-hybridized carbons (Fsp3) is 0.600. The molecule has 1 aliphatic carbocycles. The topological polar surface area (TPSA) is 145 Å². The molecule has 0 unspecified atom stereocenters. The summed E-state index contributed by atoms with van der Waals surface area (Å²) >= 11 is 6.65. The van der Waals surface area contributed by atoms with Gasteiger partial charge >= 0.3 is 0 Å². The van der Waals surface area contributed by atoms with Crippen LogP contribution in [0.5, 0.6) is 0 Å². The Hall–Kier alpha value is -2.57. The highest BCUT2D eigenvalue weighted by atomic mass is 35.5. The largest absolute Gasteiger partial charge is 0.394 e. The molecule has 0 radical (unpaired) electrons. The number of unbranched alkanes of at least 4 members (excludes halogenated alkanes) is 1. The van der Waals surface area contributed by atoms with Gasteiger partial charge in [0.1, 0.15) is 24.1 Å². The highest BCUT2D eigenvalue weighted by Crippen LogP contribution is 2.40. The van der Waals surface area contributed by atoms with E-state index in [-0.39, 0.29) is 30.6 Å². The van der Waals surface area contributed by atoms with Crippen molar-refractivity contribution in [2.24, 2.45) is 0 Å². The molecule has 11 heteroatoms. The Labute approximate surface area is 276 Å². The van der Waals surface area contributed by atoms with Gasteiger partial charge in [-0.05, 0) is 87.2 Å². The second kappa shape index (κ2) is 16.0. The van der Waals surface area contributed by atoms with E-state index in [4.69, 9.17) is 16.7 Å². The Morgan fingerprint density at radius 2 is 1.61 bits per heavy atom. The predicted molar refractivity (Wildman–Crippen MR) is 177 cm³/mol. The quantitative estimate of drug-likeness (QED) is 0.172. The van der Waals surface area contributed by atoms with Crippen LogP contribution in [0.3, 0.4) is 0 Å². The molecular formula is C35H48ClN3O7. The zero-order valence-corrected chi connectivity index (χ0v) is 27.1. The first kappa shape index (κ1) is 34.8. The first-order chi connectivity index (χ1) is 22.2. The second-order valence-corrected chi connectivity index (χ2v) is 13.4. The van der Waals surface area contributed by atoms with Crippen LogP contribution in [0.15, 0.2) is 42.5 Å². The van der Waals surface area contributed by atoms with Crippen LogP contribution in [0.1, 0.15) is 68.9 Å². The summed E-state index contributed by atoms with van der Waals surface area (Å²) < 4.78 is 0. The van der Waals surface area contributed by atoms with Crippen molar-refractivity contribution in [1.82, 2.24) is 4.90 Å². The lowest BCUT2D eigenvalue weighted by Gasteiger charge is -2.40. The maximum atomic E-state index is 14.0. The zero-order chi connectivity index (χ0) is 32.8. The molecule has 5 rings (SSSR count). The minimum Gasteiger partial charge on any atom is -0.394 e. The number of amides is 1. The summed E-state index contributed by atoms with van der Waals surface area (Å²) in [5, 5.41) is 48.7. The van der Waals surface area contributed by atoms with E-state index in [9.17, 15) is 30.0 Å². The lowest BCUT2D eigenvalue weighted by Crippen LogP contribution is -2.51. The van der Waals surface area contributed by atoms with Crippen molar-refractivity contribution in [3.05, 3.63) is 58.6 Å². The number of aryl methyl sites for hydroxylation is 1. The third kappa shape index (κ3) is 8.47. The van der Waals surface area contributed by atoms with E-state index in [1.165, 1.54) is 12.8 Å². The van der Waals surface area contributed by atoms with Gasteiger partial charge in [0.25, 0.3) is 0 Å². The summed E-state index contributed by atoms with van der Waals surface area (Å²) in [7, 11) is 0. The Morgan fingerprint density at radius 1 is 0.870 bits per heavy atom. The number of aliphatic hydroxyl groups excluding tert-OH is 5. The number of aliphatic hydroxyl groups is 5. The van der Waals surface area contributed by atoms with Crippen molar-refractivity contribution < 1.29 is 35.1 Å². The van der Waals surface area contributed by atoms with Gasteiger partial charge in [0.15, 0.2) is 0 Å². The van der Waals surface area contributed by atoms with Crippen LogP contribution >= 0.6 is 11.6 Å². The van der Waals surface area contributed by atoms with Crippen LogP contribution < -0.4 is 9.80 Å². The molecule has 2 heterocycles. The van der Waals surface area contributed by atoms with Crippen molar-refractivity contribution in [2.75, 3.05) is 36.0 Å². The molecule has 1 saturated heterocycles. The highest BCUT2D eigenvalue weighted by molar-refractivity contribution is 6.31. The molecule has 0 aromatic heterocycles. The van der Waals surface area contributed by atoms with Gasteiger partial charge in [-0.1, -0.05) is 35.9 Å². The fourth-order valence-corrected chi connectivity index (χ4v) is 6.97. The van der Waals surface area contributed by atoms with Crippen LogP contribution in [0.2, 0.25) is 5.02 Å². The molecule has 2 fully saturated rings. The van der Waals surface area contributed by atoms with Crippen molar-refractivity contribution in [3.8, 4) is 0 Å². The summed E-state index contributed by atoms with van der Waals surface area (Å²) in [6.45, 7) is 2.27. The minimum absolute atomic E-state index is 0.0427. The number of carbonyl (C=O) groups excluding carboxylic acids is 2. The van der Waals surface area contributed by atoms with E-state index in [0.717, 1.165) is 61.3 Å². The van der Waals surface area contributed by atoms with Crippen molar-refractivity contribution in [1.29, 1.82) is 0 Å². The maximum Gasteiger partial charge on any atom is 0.244 e. The standard InChI is InChI=1S/C35H48ClN3O7/c36-27-15-11-23(6-1-2-7-26(41)14-16-31(42)33(44)34(45)32(43)22-40)20-24(27)21-37-17-5-10-30(37)35(46)39-19-18-38(25-12-13-25)28-8-3-4-9-29(28)39/h3-4,8-9,11,15,20,25,30-34,40,42-45H,1-2,5-7,10,12-14,16-19,21-22H2/t30-,31-,32+,33+,34+/m0/s1. The van der Waals surface area contributed by atoms with Crippen molar-refractivity contribution in [3.63, 3.8) is 0 Å². The molecule has 2 aromatic carbocycles. The summed E-state index contributed by atoms with van der Waals surface area (Å²) in [4.78, 5) is 33.0. The lowest BCUT2D eigenvalue weighted by molar-refractivity contribution is -0.125. The lowest BCUT2D eigenvalue weighted by atomic mass is 9.97. The number of halogens is 1. The smallest absolute Gasteiger partial charge is 0.244 e. The fourth-order valence-electron chi connectivity index (χ4n) is 6.80. The van der Waals surface area contributed by atoms with Gasteiger partial charge in [0.2, 0.25) is 5.91 Å². The molecular weight excluding hydrogens is 610 g/mol. The number of likely N-dealkylation sites (tertiary alicyclic amines) is 1. The maximum absolute atomic E-state index is 14.0. The molecule has 0 spiro atoms. The van der Waals surface area contributed by atoms with Crippen LogP contribution in [-0.2, 0) is 22.6 Å². The third-order valence-corrected chi connectivity index (χ3v) is 10.0. The average Bonchev–Trinajstić information content (AvgIpc) is 3.82. The van der Waals surface area contributed by atoms with E-state index >= 15 is 0 Å². The number of Topliss-reactive ketones (excluding diaryl/α,β-unsaturated/α-hetero) is 1. The van der Waals surface area contributed by atoms with Gasteiger partial charge in [-0.25, -0.2) is 0 Å². The molecule has 10 nitrogen and oxygen atoms in total. The molecule has 0 bridgehead atoms. The number of benzene rings is 2. The van der Waals surface area contributed by atoms with Gasteiger partial charge in [0.05, 0.1) is 30.1 Å². The second-order valence-electron chi connectivity index (χ2n) is 13.0. The molecule has 1 amide bonds. The molecule has 5 atom stereocenters. The molecule has 46 heavy (non-hydrogen) atoms. The Balaban J connectivity index is 1.10. The van der Waals surface area contributed by atoms with Gasteiger partial charge in [-0.15, -0.1) is 0 Å². The summed E-state index contributed by atoms with van der Waals surface area (Å²) in [5.41, 5.74) is 4.29. The first-order valence-corrected chi connectivity index (χ1v) is 17.1. The SMILES string of the molecule is O=C(CCCCc1ccc(Cl)c(CN2CCC[C@H]2C(=O)N2CCN(C3CC3)c3ccccc32)c1)CC[C@H](O)[C@@H](O)[C@H](O)[C@H](O)CO. The molecule has 2 aromatic rings. The number of ketones is 1. The zero-order valence-electron chi connectivity index (χ0n) is 26.4. The molecule has 3 aliphatic rings. The van der Waals surface area contributed by atoms with E-state index in [0.29, 0.717) is 37.0 Å². The van der Waals surface area contributed by atoms with Gasteiger partial charge in [0, 0.05) is 43.5 Å². The first-order valence-electron chi connectivity index (χ1n) is 16.7. The van der Waals surface area contributed by atoms with Gasteiger partial charge < -0.3 is 35.3 Å². The van der Waals surface area contributed by atoms with Crippen LogP contribution in [0, 0.1) is 0 Å². The number of para-hydroxylation sites is 2. The van der Waals surface area contributed by atoms with E-state index in [2.05, 4.69) is 34.1 Å². The van der Waals surface area contributed by atoms with E-state index < -0.39 is 31.0 Å². The number of anilines is 2. The number of carbonyl (C=O) groups is 2. The molecule has 252 valence electrons. The third-order valence-electron chi connectivity index (χ3n) is 9.65. The molecule has 1 saturated carbocycles. The summed E-state index contributed by atoms with van der Waals surface area (Å²) in [5.74, 6) is 0.111.